The van der Waals surface area contributed by atoms with Gasteiger partial charge >= 0.3 is 6.18 Å². The van der Waals surface area contributed by atoms with Crippen molar-refractivity contribution in [2.75, 3.05) is 26.2 Å². The van der Waals surface area contributed by atoms with Crippen LogP contribution in [-0.2, 0) is 12.7 Å². The van der Waals surface area contributed by atoms with Crippen molar-refractivity contribution in [2.45, 2.75) is 25.2 Å². The highest BCUT2D eigenvalue weighted by atomic mass is 19.4. The lowest BCUT2D eigenvalue weighted by molar-refractivity contribution is -0.141. The van der Waals surface area contributed by atoms with Gasteiger partial charge in [0.15, 0.2) is 5.69 Å². The van der Waals surface area contributed by atoms with Gasteiger partial charge in [-0.25, -0.2) is 0 Å². The molecule has 1 fully saturated rings. The quantitative estimate of drug-likeness (QED) is 0.835. The molecular formula is C16H19F3N4O3. The number of H-pyrrole nitrogens is 1. The first-order valence-corrected chi connectivity index (χ1v) is 8.17. The Bertz CT molecular complexity index is 729. The monoisotopic (exact) mass is 372 g/mol. The Morgan fingerprint density at radius 1 is 1.42 bits per heavy atom. The zero-order chi connectivity index (χ0) is 18.7. The second-order valence-electron chi connectivity index (χ2n) is 6.13. The Morgan fingerprint density at radius 2 is 2.23 bits per heavy atom. The summed E-state index contributed by atoms with van der Waals surface area (Å²) in [6, 6.07) is 4.23. The Hall–Kier alpha value is -2.33. The van der Waals surface area contributed by atoms with Crippen molar-refractivity contribution in [3.05, 3.63) is 41.6 Å². The number of piperazine rings is 1. The minimum absolute atomic E-state index is 0.0536. The number of aromatic amines is 1. The second-order valence-corrected chi connectivity index (χ2v) is 6.13. The summed E-state index contributed by atoms with van der Waals surface area (Å²) in [5, 5.41) is 14.7. The zero-order valence-corrected chi connectivity index (χ0v) is 13.9. The summed E-state index contributed by atoms with van der Waals surface area (Å²) in [7, 11) is 0. The fraction of sp³-hybridized carbons (Fsp3) is 0.500. The van der Waals surface area contributed by atoms with Crippen molar-refractivity contribution >= 4 is 5.91 Å². The molecule has 10 heteroatoms. The number of nitrogens with one attached hydrogen (secondary N) is 1. The van der Waals surface area contributed by atoms with Gasteiger partial charge in [-0.05, 0) is 18.6 Å². The van der Waals surface area contributed by atoms with Crippen molar-refractivity contribution in [3.8, 4) is 0 Å². The average molecular weight is 372 g/mol. The number of carbonyl (C=O) groups excluding carboxylic acids is 1. The maximum Gasteiger partial charge on any atom is 0.432 e. The lowest BCUT2D eigenvalue weighted by atomic mass is 10.1. The largest absolute Gasteiger partial charge is 0.468 e. The molecule has 2 aromatic rings. The van der Waals surface area contributed by atoms with Gasteiger partial charge in [0, 0.05) is 38.3 Å². The van der Waals surface area contributed by atoms with Crippen molar-refractivity contribution in [3.63, 3.8) is 0 Å². The van der Waals surface area contributed by atoms with Gasteiger partial charge < -0.3 is 14.4 Å². The molecule has 3 heterocycles. The van der Waals surface area contributed by atoms with E-state index in [0.717, 1.165) is 11.8 Å². The summed E-state index contributed by atoms with van der Waals surface area (Å²) in [4.78, 5) is 16.0. The highest BCUT2D eigenvalue weighted by Crippen LogP contribution is 2.28. The molecule has 2 aromatic heterocycles. The molecule has 3 rings (SSSR count). The van der Waals surface area contributed by atoms with Gasteiger partial charge in [-0.2, -0.15) is 18.3 Å². The van der Waals surface area contributed by atoms with Crippen molar-refractivity contribution in [1.82, 2.24) is 20.0 Å². The van der Waals surface area contributed by atoms with Crippen LogP contribution in [0.5, 0.6) is 0 Å². The zero-order valence-electron chi connectivity index (χ0n) is 13.9. The van der Waals surface area contributed by atoms with E-state index >= 15 is 0 Å². The van der Waals surface area contributed by atoms with E-state index < -0.39 is 17.8 Å². The van der Waals surface area contributed by atoms with Crippen LogP contribution < -0.4 is 0 Å². The number of aliphatic hydroxyl groups is 1. The molecule has 0 radical (unpaired) electrons. The predicted octanol–water partition coefficient (Wildman–Crippen LogP) is 1.73. The predicted molar refractivity (Wildman–Crippen MR) is 84.1 cm³/mol. The van der Waals surface area contributed by atoms with Crippen LogP contribution in [0, 0.1) is 0 Å². The standard InChI is InChI=1S/C16H19F3N4O3/c17-16(18,19)14-8-13(20-21-14)15(25)23-5-4-22(11(9-23)3-6-24)10-12-2-1-7-26-12/h1-2,7-8,11,24H,3-6,9-10H2,(H,20,21). The summed E-state index contributed by atoms with van der Waals surface area (Å²) in [6.45, 7) is 1.67. The molecular weight excluding hydrogens is 353 g/mol. The number of furan rings is 1. The molecule has 0 saturated carbocycles. The van der Waals surface area contributed by atoms with Crippen LogP contribution in [0.1, 0.15) is 28.4 Å². The molecule has 0 spiro atoms. The number of nitrogens with zero attached hydrogens (tertiary/aromatic N) is 3. The van der Waals surface area contributed by atoms with E-state index in [2.05, 4.69) is 10.00 Å². The second kappa shape index (κ2) is 7.50. The van der Waals surface area contributed by atoms with E-state index in [1.807, 2.05) is 11.2 Å². The Balaban J connectivity index is 1.68. The third kappa shape index (κ3) is 4.07. The highest BCUT2D eigenvalue weighted by Gasteiger charge is 2.35. The van der Waals surface area contributed by atoms with Crippen molar-refractivity contribution in [1.29, 1.82) is 0 Å². The van der Waals surface area contributed by atoms with E-state index in [-0.39, 0.29) is 18.3 Å². The molecule has 0 aliphatic carbocycles. The SMILES string of the molecule is O=C(c1cc(C(F)(F)F)[nH]n1)N1CCN(Cc2ccco2)C(CCO)C1. The van der Waals surface area contributed by atoms with Gasteiger partial charge in [-0.3, -0.25) is 14.8 Å². The van der Waals surface area contributed by atoms with Crippen LogP contribution in [0.3, 0.4) is 0 Å². The Labute approximate surface area is 147 Å². The number of aliphatic hydroxyl groups excluding tert-OH is 1. The molecule has 1 unspecified atom stereocenters. The summed E-state index contributed by atoms with van der Waals surface area (Å²) < 4.78 is 43.3. The highest BCUT2D eigenvalue weighted by molar-refractivity contribution is 5.92. The molecule has 1 amide bonds. The molecule has 1 atom stereocenters. The maximum absolute atomic E-state index is 12.7. The number of aromatic nitrogens is 2. The van der Waals surface area contributed by atoms with Crippen LogP contribution in [-0.4, -0.2) is 63.3 Å². The van der Waals surface area contributed by atoms with Gasteiger partial charge in [-0.1, -0.05) is 0 Å². The molecule has 7 nitrogen and oxygen atoms in total. The van der Waals surface area contributed by atoms with E-state index in [1.54, 1.807) is 12.3 Å². The van der Waals surface area contributed by atoms with Crippen LogP contribution in [0.2, 0.25) is 0 Å². The van der Waals surface area contributed by atoms with E-state index in [9.17, 15) is 23.1 Å². The van der Waals surface area contributed by atoms with Crippen molar-refractivity contribution < 1.29 is 27.5 Å². The molecule has 142 valence electrons. The summed E-state index contributed by atoms with van der Waals surface area (Å²) in [5.41, 5.74) is -1.32. The number of rotatable bonds is 5. The first kappa shape index (κ1) is 18.5. The molecule has 0 bridgehead atoms. The fourth-order valence-corrected chi connectivity index (χ4v) is 3.05. The van der Waals surface area contributed by atoms with Crippen molar-refractivity contribution in [2.24, 2.45) is 0 Å². The molecule has 1 aliphatic heterocycles. The smallest absolute Gasteiger partial charge is 0.432 e. The van der Waals surface area contributed by atoms with Gasteiger partial charge in [0.1, 0.15) is 11.5 Å². The van der Waals surface area contributed by atoms with Gasteiger partial charge in [0.2, 0.25) is 0 Å². The summed E-state index contributed by atoms with van der Waals surface area (Å²) >= 11 is 0. The minimum Gasteiger partial charge on any atom is -0.468 e. The molecule has 26 heavy (non-hydrogen) atoms. The number of halogens is 3. The van der Waals surface area contributed by atoms with Gasteiger partial charge in [0.25, 0.3) is 5.91 Å². The lowest BCUT2D eigenvalue weighted by Crippen LogP contribution is -2.54. The Kier molecular flexibility index (Phi) is 5.33. The third-order valence-corrected chi connectivity index (χ3v) is 4.40. The lowest BCUT2D eigenvalue weighted by Gasteiger charge is -2.40. The number of carbonyl (C=O) groups is 1. The maximum atomic E-state index is 12.7. The number of alkyl halides is 3. The minimum atomic E-state index is -4.58. The van der Waals surface area contributed by atoms with Crippen LogP contribution in [0.4, 0.5) is 13.2 Å². The number of amides is 1. The van der Waals surface area contributed by atoms with Gasteiger partial charge in [0.05, 0.1) is 12.8 Å². The molecule has 1 saturated heterocycles. The first-order valence-electron chi connectivity index (χ1n) is 8.17. The summed E-state index contributed by atoms with van der Waals surface area (Å²) in [5.74, 6) is 0.215. The summed E-state index contributed by atoms with van der Waals surface area (Å²) in [6.07, 6.45) is -2.56. The average Bonchev–Trinajstić information content (AvgIpc) is 3.27. The normalized spacial score (nSPS) is 19.1. The molecule has 0 aromatic carbocycles. The first-order chi connectivity index (χ1) is 12.4. The Morgan fingerprint density at radius 3 is 2.85 bits per heavy atom. The topological polar surface area (TPSA) is 85.6 Å². The molecule has 2 N–H and O–H groups in total. The van der Waals surface area contributed by atoms with Crippen LogP contribution >= 0.6 is 0 Å². The number of hydrogen-bond acceptors (Lipinski definition) is 5. The van der Waals surface area contributed by atoms with E-state index in [0.29, 0.717) is 32.6 Å². The van der Waals surface area contributed by atoms with E-state index in [4.69, 9.17) is 4.42 Å². The van der Waals surface area contributed by atoms with Crippen LogP contribution in [0.25, 0.3) is 0 Å². The fourth-order valence-electron chi connectivity index (χ4n) is 3.05. The van der Waals surface area contributed by atoms with Crippen LogP contribution in [0.15, 0.2) is 28.9 Å². The molecule has 1 aliphatic rings. The third-order valence-electron chi connectivity index (χ3n) is 4.40. The van der Waals surface area contributed by atoms with E-state index in [1.165, 1.54) is 4.90 Å². The number of hydrogen-bond donors (Lipinski definition) is 2. The van der Waals surface area contributed by atoms with Gasteiger partial charge in [-0.15, -0.1) is 0 Å².